The van der Waals surface area contributed by atoms with Gasteiger partial charge in [-0.3, -0.25) is 9.59 Å². The van der Waals surface area contributed by atoms with Crippen molar-refractivity contribution in [1.29, 1.82) is 0 Å². The molecule has 14 heteroatoms. The zero-order valence-corrected chi connectivity index (χ0v) is 21.8. The molecule has 0 saturated carbocycles. The van der Waals surface area contributed by atoms with Crippen molar-refractivity contribution in [3.05, 3.63) is 47.2 Å². The number of benzene rings is 1. The molecule has 8 nitrogen and oxygen atoms in total. The lowest BCUT2D eigenvalue weighted by Gasteiger charge is -2.26. The summed E-state index contributed by atoms with van der Waals surface area (Å²) in [6.45, 7) is 0.884. The van der Waals surface area contributed by atoms with Crippen molar-refractivity contribution in [3.63, 3.8) is 0 Å². The van der Waals surface area contributed by atoms with Gasteiger partial charge in [-0.15, -0.1) is 0 Å². The van der Waals surface area contributed by atoms with Crippen LogP contribution < -0.4 is 15.5 Å². The van der Waals surface area contributed by atoms with Crippen molar-refractivity contribution >= 4 is 33.0 Å². The summed E-state index contributed by atoms with van der Waals surface area (Å²) in [6.07, 6.45) is -3.80. The van der Waals surface area contributed by atoms with E-state index in [1.165, 1.54) is 42.5 Å². The van der Waals surface area contributed by atoms with Gasteiger partial charge in [0, 0.05) is 49.0 Å². The van der Waals surface area contributed by atoms with E-state index in [0.29, 0.717) is 6.20 Å². The Kier molecular flexibility index (Phi) is 8.76. The van der Waals surface area contributed by atoms with Crippen LogP contribution in [0, 0.1) is 6.92 Å². The number of rotatable bonds is 6. The molecule has 3 rings (SSSR count). The van der Waals surface area contributed by atoms with E-state index in [0.717, 1.165) is 6.92 Å². The molecule has 2 amide bonds. The molecule has 0 bridgehead atoms. The number of carbonyl (C=O) groups is 2. The molecule has 2 aromatic rings. The Morgan fingerprint density at radius 1 is 1.21 bits per heavy atom. The lowest BCUT2D eigenvalue weighted by molar-refractivity contribution is -0.138. The van der Waals surface area contributed by atoms with Gasteiger partial charge in [-0.25, -0.2) is 18.0 Å². The third kappa shape index (κ3) is 7.04. The van der Waals surface area contributed by atoms with Gasteiger partial charge in [-0.2, -0.15) is 17.5 Å². The monoisotopic (exact) mass is 561 g/mol. The van der Waals surface area contributed by atoms with Crippen LogP contribution in [0.4, 0.5) is 33.5 Å². The predicted octanol–water partition coefficient (Wildman–Crippen LogP) is 4.49. The highest BCUT2D eigenvalue weighted by atomic mass is 32.2. The molecule has 1 aromatic heterocycles. The van der Waals surface area contributed by atoms with Crippen molar-refractivity contribution in [2.45, 2.75) is 43.2 Å². The SMILES string of the molecule is CNCC(=O)N=S(C)(=O)c1cccc(NC(=O)c2c(N3CCCC(F)(F)CC3)ncc(C(F)(F)F)c2C)c1. The molecule has 1 saturated heterocycles. The van der Waals surface area contributed by atoms with E-state index >= 15 is 0 Å². The van der Waals surface area contributed by atoms with Crippen molar-refractivity contribution in [2.75, 3.05) is 43.2 Å². The van der Waals surface area contributed by atoms with Gasteiger partial charge < -0.3 is 15.5 Å². The van der Waals surface area contributed by atoms with E-state index in [4.69, 9.17) is 0 Å². The van der Waals surface area contributed by atoms with Gasteiger partial charge in [0.1, 0.15) is 5.82 Å². The molecule has 0 radical (unpaired) electrons. The number of likely N-dealkylation sites (N-methyl/N-ethyl adjacent to an activating group) is 1. The summed E-state index contributed by atoms with van der Waals surface area (Å²) in [5.74, 6) is -4.65. The van der Waals surface area contributed by atoms with Gasteiger partial charge in [0.05, 0.1) is 27.4 Å². The maximum atomic E-state index is 13.9. The van der Waals surface area contributed by atoms with Gasteiger partial charge >= 0.3 is 6.18 Å². The number of amides is 2. The highest BCUT2D eigenvalue weighted by molar-refractivity contribution is 7.93. The largest absolute Gasteiger partial charge is 0.418 e. The summed E-state index contributed by atoms with van der Waals surface area (Å²) in [5, 5.41) is 5.10. The normalized spacial score (nSPS) is 17.3. The average molecular weight is 562 g/mol. The smallest absolute Gasteiger partial charge is 0.356 e. The maximum Gasteiger partial charge on any atom is 0.418 e. The van der Waals surface area contributed by atoms with Gasteiger partial charge in [0.25, 0.3) is 11.8 Å². The fourth-order valence-electron chi connectivity index (χ4n) is 4.10. The predicted molar refractivity (Wildman–Crippen MR) is 133 cm³/mol. The number of hydrogen-bond acceptors (Lipinski definition) is 6. The topological polar surface area (TPSA) is 104 Å². The van der Waals surface area contributed by atoms with Crippen LogP contribution in [-0.4, -0.2) is 59.9 Å². The zero-order chi connectivity index (χ0) is 28.3. The molecule has 2 N–H and O–H groups in total. The summed E-state index contributed by atoms with van der Waals surface area (Å²) < 4.78 is 85.5. The Labute approximate surface area is 217 Å². The molecular weight excluding hydrogens is 533 g/mol. The van der Waals surface area contributed by atoms with E-state index in [1.807, 2.05) is 0 Å². The van der Waals surface area contributed by atoms with Crippen LogP contribution >= 0.6 is 0 Å². The second kappa shape index (κ2) is 11.3. The molecule has 1 aliphatic heterocycles. The molecule has 0 aliphatic carbocycles. The molecule has 1 fully saturated rings. The Morgan fingerprint density at radius 3 is 2.58 bits per heavy atom. The van der Waals surface area contributed by atoms with Crippen LogP contribution in [0.25, 0.3) is 0 Å². The van der Waals surface area contributed by atoms with Crippen LogP contribution in [0.15, 0.2) is 39.7 Å². The highest BCUT2D eigenvalue weighted by Gasteiger charge is 2.38. The summed E-state index contributed by atoms with van der Waals surface area (Å²) in [7, 11) is -1.66. The van der Waals surface area contributed by atoms with E-state index < -0.39 is 56.8 Å². The molecule has 1 aliphatic rings. The minimum Gasteiger partial charge on any atom is -0.356 e. The highest BCUT2D eigenvalue weighted by Crippen LogP contribution is 2.37. The van der Waals surface area contributed by atoms with E-state index in [9.17, 15) is 35.8 Å². The number of hydrogen-bond donors (Lipinski definition) is 2. The fourth-order valence-corrected chi connectivity index (χ4v) is 5.33. The van der Waals surface area contributed by atoms with E-state index in [2.05, 4.69) is 20.0 Å². The number of aromatic nitrogens is 1. The van der Waals surface area contributed by atoms with Crippen molar-refractivity contribution in [2.24, 2.45) is 4.36 Å². The quantitative estimate of drug-likeness (QED) is 0.504. The maximum absolute atomic E-state index is 13.9. The van der Waals surface area contributed by atoms with Crippen molar-refractivity contribution in [3.8, 4) is 0 Å². The number of anilines is 2. The summed E-state index contributed by atoms with van der Waals surface area (Å²) >= 11 is 0. The fraction of sp³-hybridized carbons (Fsp3) is 0.458. The van der Waals surface area contributed by atoms with Crippen LogP contribution in [0.2, 0.25) is 0 Å². The first kappa shape index (κ1) is 29.4. The third-order valence-corrected chi connectivity index (χ3v) is 7.68. The number of halogens is 5. The van der Waals surface area contributed by atoms with Crippen molar-refractivity contribution in [1.82, 2.24) is 10.3 Å². The minimum absolute atomic E-state index is 0.0679. The van der Waals surface area contributed by atoms with Gasteiger partial charge in [0.2, 0.25) is 5.92 Å². The average Bonchev–Trinajstić information content (AvgIpc) is 2.98. The number of pyridine rings is 1. The second-order valence-electron chi connectivity index (χ2n) is 8.99. The standard InChI is InChI=1S/C24H28F5N5O3S/c1-15-18(24(27,28)29)13-31-21(34-10-5-8-23(25,26)9-11-34)20(15)22(36)32-16-6-4-7-17(12-16)38(3,37)33-19(35)14-30-2/h4,6-7,12-13,30H,5,8-11,14H2,1-3H3,(H,32,36). The molecule has 208 valence electrons. The Hall–Kier alpha value is -3.13. The van der Waals surface area contributed by atoms with Gasteiger partial charge in [0.15, 0.2) is 0 Å². The molecule has 38 heavy (non-hydrogen) atoms. The van der Waals surface area contributed by atoms with E-state index in [-0.39, 0.29) is 48.9 Å². The third-order valence-electron chi connectivity index (χ3n) is 6.00. The minimum atomic E-state index is -4.80. The first-order valence-corrected chi connectivity index (χ1v) is 13.6. The van der Waals surface area contributed by atoms with Crippen LogP contribution in [0.3, 0.4) is 0 Å². The molecule has 1 aromatic carbocycles. The van der Waals surface area contributed by atoms with Crippen LogP contribution in [0.1, 0.15) is 40.7 Å². The lowest BCUT2D eigenvalue weighted by Crippen LogP contribution is -2.30. The van der Waals surface area contributed by atoms with Crippen molar-refractivity contribution < 1.29 is 35.8 Å². The van der Waals surface area contributed by atoms with Crippen LogP contribution in [-0.2, 0) is 20.7 Å². The molecule has 1 unspecified atom stereocenters. The zero-order valence-electron chi connectivity index (χ0n) is 21.0. The Morgan fingerprint density at radius 2 is 1.92 bits per heavy atom. The summed E-state index contributed by atoms with van der Waals surface area (Å²) in [6, 6.07) is 5.61. The Bertz CT molecular complexity index is 1340. The Balaban J connectivity index is 2.02. The molecule has 0 spiro atoms. The molecular formula is C24H28F5N5O3S. The number of carbonyl (C=O) groups excluding carboxylic acids is 2. The van der Waals surface area contributed by atoms with Gasteiger partial charge in [-0.05, 0) is 44.2 Å². The van der Waals surface area contributed by atoms with Gasteiger partial charge in [-0.1, -0.05) is 6.07 Å². The number of nitrogens with zero attached hydrogens (tertiary/aromatic N) is 3. The first-order valence-electron chi connectivity index (χ1n) is 11.7. The lowest BCUT2D eigenvalue weighted by atomic mass is 10.0. The molecule has 2 heterocycles. The first-order chi connectivity index (χ1) is 17.6. The van der Waals surface area contributed by atoms with Crippen LogP contribution in [0.5, 0.6) is 0 Å². The summed E-state index contributed by atoms with van der Waals surface area (Å²) in [5.41, 5.74) is -1.84. The summed E-state index contributed by atoms with van der Waals surface area (Å²) in [4.78, 5) is 30.6. The number of nitrogens with one attached hydrogen (secondary N) is 2. The number of alkyl halides is 5. The molecule has 1 atom stereocenters. The van der Waals surface area contributed by atoms with E-state index in [1.54, 1.807) is 0 Å². The second-order valence-corrected chi connectivity index (χ2v) is 11.2.